The predicted octanol–water partition coefficient (Wildman–Crippen LogP) is 5.60. The van der Waals surface area contributed by atoms with Crippen LogP contribution in [0.5, 0.6) is 0 Å². The molecule has 0 aliphatic carbocycles. The molecular weight excluding hydrogens is 389 g/mol. The third-order valence-electron chi connectivity index (χ3n) is 4.53. The Morgan fingerprint density at radius 3 is 2.55 bits per heavy atom. The normalized spacial score (nSPS) is 12.6. The molecule has 0 saturated heterocycles. The first kappa shape index (κ1) is 19.0. The Morgan fingerprint density at radius 2 is 1.76 bits per heavy atom. The van der Waals surface area contributed by atoms with E-state index in [4.69, 9.17) is 0 Å². The third-order valence-corrected chi connectivity index (χ3v) is 5.67. The first-order valence-electron chi connectivity index (χ1n) is 9.12. The highest BCUT2D eigenvalue weighted by molar-refractivity contribution is 7.99. The van der Waals surface area contributed by atoms with Crippen molar-refractivity contribution in [2.75, 3.05) is 22.1 Å². The quantitative estimate of drug-likeness (QED) is 0.594. The highest BCUT2D eigenvalue weighted by Gasteiger charge is 2.26. The number of carbonyl (C=O) groups excluding carboxylic acids is 2. The number of hydrogen-bond donors (Lipinski definition) is 2. The van der Waals surface area contributed by atoms with Gasteiger partial charge < -0.3 is 15.5 Å². The Kier molecular flexibility index (Phi) is 5.22. The van der Waals surface area contributed by atoms with Gasteiger partial charge in [-0.3, -0.25) is 4.79 Å². The maximum absolute atomic E-state index is 13.7. The summed E-state index contributed by atoms with van der Waals surface area (Å²) in [4.78, 5) is 28.8. The van der Waals surface area contributed by atoms with Crippen molar-refractivity contribution in [2.45, 2.75) is 16.7 Å². The number of para-hydroxylation sites is 1. The molecule has 0 aromatic heterocycles. The van der Waals surface area contributed by atoms with Crippen molar-refractivity contribution in [3.8, 4) is 0 Å². The second-order valence-electron chi connectivity index (χ2n) is 6.39. The molecule has 1 aliphatic heterocycles. The summed E-state index contributed by atoms with van der Waals surface area (Å²) in [6.45, 7) is 2.40. The number of nitrogens with one attached hydrogen (secondary N) is 2. The van der Waals surface area contributed by atoms with E-state index < -0.39 is 11.8 Å². The number of benzene rings is 3. The number of anilines is 3. The Morgan fingerprint density at radius 1 is 1.00 bits per heavy atom. The Hall–Kier alpha value is -3.32. The lowest BCUT2D eigenvalue weighted by molar-refractivity contribution is 0.0985. The molecule has 0 radical (unpaired) electrons. The minimum atomic E-state index is -0.561. The van der Waals surface area contributed by atoms with E-state index >= 15 is 0 Å². The van der Waals surface area contributed by atoms with Crippen LogP contribution in [0.2, 0.25) is 0 Å². The first-order chi connectivity index (χ1) is 14.1. The van der Waals surface area contributed by atoms with E-state index in [1.54, 1.807) is 29.2 Å². The van der Waals surface area contributed by atoms with Crippen LogP contribution in [0.3, 0.4) is 0 Å². The predicted molar refractivity (Wildman–Crippen MR) is 113 cm³/mol. The number of fused-ring (bicyclic) bond motifs is 2. The van der Waals surface area contributed by atoms with E-state index in [0.717, 1.165) is 15.5 Å². The number of hydrogen-bond acceptors (Lipinski definition) is 3. The summed E-state index contributed by atoms with van der Waals surface area (Å²) in [7, 11) is 0. The Bertz CT molecular complexity index is 1100. The highest BCUT2D eigenvalue weighted by Crippen LogP contribution is 2.42. The van der Waals surface area contributed by atoms with Crippen LogP contribution in [0.15, 0.2) is 76.5 Å². The van der Waals surface area contributed by atoms with Crippen LogP contribution >= 0.6 is 11.8 Å². The zero-order valence-electron chi connectivity index (χ0n) is 15.6. The molecule has 0 fully saturated rings. The van der Waals surface area contributed by atoms with Crippen LogP contribution in [-0.2, 0) is 0 Å². The standard InChI is InChI=1S/C22H18FN3O2S/c1-2-26-18-13-14(24-22(28)25-17-9-5-4-8-16(17)23)11-12-20(18)29-19-10-6-3-7-15(19)21(26)27/h3-13H,2H2,1H3,(H2,24,25,28). The van der Waals surface area contributed by atoms with E-state index in [0.29, 0.717) is 17.8 Å². The second kappa shape index (κ2) is 7.97. The van der Waals surface area contributed by atoms with Crippen molar-refractivity contribution >= 4 is 40.8 Å². The molecule has 0 unspecified atom stereocenters. The molecule has 146 valence electrons. The molecule has 0 bridgehead atoms. The van der Waals surface area contributed by atoms with Gasteiger partial charge in [-0.1, -0.05) is 36.0 Å². The van der Waals surface area contributed by atoms with Crippen molar-refractivity contribution in [1.29, 1.82) is 0 Å². The molecule has 2 N–H and O–H groups in total. The third kappa shape index (κ3) is 3.82. The fourth-order valence-corrected chi connectivity index (χ4v) is 4.22. The molecule has 0 saturated carbocycles. The molecule has 29 heavy (non-hydrogen) atoms. The highest BCUT2D eigenvalue weighted by atomic mass is 32.2. The van der Waals surface area contributed by atoms with Gasteiger partial charge in [-0.05, 0) is 49.4 Å². The summed E-state index contributed by atoms with van der Waals surface area (Å²) < 4.78 is 13.7. The largest absolute Gasteiger partial charge is 0.323 e. The van der Waals surface area contributed by atoms with Gasteiger partial charge in [0.1, 0.15) is 5.82 Å². The number of carbonyl (C=O) groups is 2. The van der Waals surface area contributed by atoms with Crippen LogP contribution in [0.1, 0.15) is 17.3 Å². The molecule has 3 aromatic rings. The maximum Gasteiger partial charge on any atom is 0.323 e. The van der Waals surface area contributed by atoms with Gasteiger partial charge in [0.2, 0.25) is 0 Å². The topological polar surface area (TPSA) is 61.4 Å². The Balaban J connectivity index is 1.61. The van der Waals surface area contributed by atoms with Crippen LogP contribution in [-0.4, -0.2) is 18.5 Å². The van der Waals surface area contributed by atoms with E-state index in [-0.39, 0.29) is 11.6 Å². The fraction of sp³-hybridized carbons (Fsp3) is 0.0909. The zero-order valence-corrected chi connectivity index (χ0v) is 16.4. The average Bonchev–Trinajstić information content (AvgIpc) is 2.83. The number of halogens is 1. The molecule has 4 rings (SSSR count). The Labute approximate surface area is 171 Å². The lowest BCUT2D eigenvalue weighted by atomic mass is 10.1. The lowest BCUT2D eigenvalue weighted by Gasteiger charge is -2.22. The van der Waals surface area contributed by atoms with E-state index in [1.165, 1.54) is 23.9 Å². The van der Waals surface area contributed by atoms with Gasteiger partial charge in [0, 0.05) is 22.0 Å². The van der Waals surface area contributed by atoms with Gasteiger partial charge in [0.25, 0.3) is 5.91 Å². The summed E-state index contributed by atoms with van der Waals surface area (Å²) in [6.07, 6.45) is 0. The van der Waals surface area contributed by atoms with Gasteiger partial charge in [-0.2, -0.15) is 0 Å². The number of amides is 3. The molecule has 7 heteroatoms. The minimum absolute atomic E-state index is 0.0812. The van der Waals surface area contributed by atoms with Gasteiger partial charge in [0.15, 0.2) is 0 Å². The van der Waals surface area contributed by atoms with Crippen molar-refractivity contribution < 1.29 is 14.0 Å². The van der Waals surface area contributed by atoms with E-state index in [2.05, 4.69) is 10.6 Å². The number of urea groups is 1. The monoisotopic (exact) mass is 407 g/mol. The van der Waals surface area contributed by atoms with E-state index in [9.17, 15) is 14.0 Å². The molecule has 1 heterocycles. The molecule has 1 aliphatic rings. The van der Waals surface area contributed by atoms with Gasteiger partial charge >= 0.3 is 6.03 Å². The SMILES string of the molecule is CCN1C(=O)c2ccccc2Sc2ccc(NC(=O)Nc3ccccc3F)cc21. The van der Waals surface area contributed by atoms with Gasteiger partial charge in [-0.25, -0.2) is 9.18 Å². The smallest absolute Gasteiger partial charge is 0.308 e. The first-order valence-corrected chi connectivity index (χ1v) is 9.94. The van der Waals surface area contributed by atoms with Crippen LogP contribution < -0.4 is 15.5 Å². The summed E-state index contributed by atoms with van der Waals surface area (Å²) in [5, 5.41) is 5.19. The molecular formula is C22H18FN3O2S. The summed E-state index contributed by atoms with van der Waals surface area (Å²) in [6, 6.07) is 18.3. The van der Waals surface area contributed by atoms with E-state index in [1.807, 2.05) is 37.3 Å². The molecule has 0 atom stereocenters. The fourth-order valence-electron chi connectivity index (χ4n) is 3.16. The average molecular weight is 407 g/mol. The van der Waals surface area contributed by atoms with Crippen LogP contribution in [0.25, 0.3) is 0 Å². The van der Waals surface area contributed by atoms with Crippen molar-refractivity contribution in [2.24, 2.45) is 0 Å². The second-order valence-corrected chi connectivity index (χ2v) is 7.47. The summed E-state index contributed by atoms with van der Waals surface area (Å²) in [5.41, 5.74) is 1.98. The molecule has 3 amide bonds. The van der Waals surface area contributed by atoms with Gasteiger partial charge in [-0.15, -0.1) is 0 Å². The maximum atomic E-state index is 13.7. The van der Waals surface area contributed by atoms with Crippen molar-refractivity contribution in [3.05, 3.63) is 78.1 Å². The number of rotatable bonds is 3. The zero-order chi connectivity index (χ0) is 20.4. The van der Waals surface area contributed by atoms with Crippen molar-refractivity contribution in [3.63, 3.8) is 0 Å². The number of nitrogens with zero attached hydrogens (tertiary/aromatic N) is 1. The van der Waals surface area contributed by atoms with Crippen LogP contribution in [0.4, 0.5) is 26.2 Å². The summed E-state index contributed by atoms with van der Waals surface area (Å²) >= 11 is 1.52. The molecule has 0 spiro atoms. The minimum Gasteiger partial charge on any atom is -0.308 e. The lowest BCUT2D eigenvalue weighted by Crippen LogP contribution is -2.30. The van der Waals surface area contributed by atoms with Crippen LogP contribution in [0, 0.1) is 5.82 Å². The molecule has 3 aromatic carbocycles. The molecule has 5 nitrogen and oxygen atoms in total. The van der Waals surface area contributed by atoms with Crippen molar-refractivity contribution in [1.82, 2.24) is 0 Å². The summed E-state index contributed by atoms with van der Waals surface area (Å²) in [5.74, 6) is -0.594. The van der Waals surface area contributed by atoms with Gasteiger partial charge in [0.05, 0.1) is 16.9 Å².